The van der Waals surface area contributed by atoms with E-state index in [2.05, 4.69) is 12.2 Å². The van der Waals surface area contributed by atoms with Crippen molar-refractivity contribution in [3.8, 4) is 0 Å². The van der Waals surface area contributed by atoms with E-state index in [1.165, 1.54) is 32.1 Å². The van der Waals surface area contributed by atoms with E-state index in [4.69, 9.17) is 33.7 Å². The van der Waals surface area contributed by atoms with E-state index in [0.29, 0.717) is 28.3 Å². The van der Waals surface area contributed by atoms with E-state index in [1.807, 2.05) is 0 Å². The molecule has 152 valence electrons. The Bertz CT molecular complexity index is 592. The van der Waals surface area contributed by atoms with Crippen LogP contribution in [0.2, 0.25) is 10.0 Å². The summed E-state index contributed by atoms with van der Waals surface area (Å²) in [5, 5.41) is 3.74. The first-order valence-corrected chi connectivity index (χ1v) is 10.9. The summed E-state index contributed by atoms with van der Waals surface area (Å²) >= 11 is 12.0. The highest BCUT2D eigenvalue weighted by atomic mass is 35.5. The molecule has 0 bridgehead atoms. The molecule has 1 aliphatic rings. The molecule has 0 saturated heterocycles. The van der Waals surface area contributed by atoms with E-state index in [9.17, 15) is 4.79 Å². The van der Waals surface area contributed by atoms with Crippen LogP contribution in [0, 0.1) is 5.92 Å². The summed E-state index contributed by atoms with van der Waals surface area (Å²) in [5.74, 6) is 0.376. The monoisotopic (exact) mass is 414 g/mol. The van der Waals surface area contributed by atoms with E-state index in [1.54, 1.807) is 18.2 Å². The van der Waals surface area contributed by atoms with Gasteiger partial charge in [-0.15, -0.1) is 0 Å². The summed E-state index contributed by atoms with van der Waals surface area (Å²) in [7, 11) is 0. The summed E-state index contributed by atoms with van der Waals surface area (Å²) in [6.45, 7) is 2.69. The molecular formula is C21H32Cl2N2O2. The van der Waals surface area contributed by atoms with Gasteiger partial charge in [-0.3, -0.25) is 4.79 Å². The Morgan fingerprint density at radius 2 is 1.96 bits per heavy atom. The maximum atomic E-state index is 12.9. The Morgan fingerprint density at radius 1 is 1.22 bits per heavy atom. The highest BCUT2D eigenvalue weighted by Gasteiger charge is 2.29. The van der Waals surface area contributed by atoms with Gasteiger partial charge in [0, 0.05) is 18.3 Å². The lowest BCUT2D eigenvalue weighted by Crippen LogP contribution is -2.46. The van der Waals surface area contributed by atoms with Crippen LogP contribution in [0.5, 0.6) is 0 Å². The van der Waals surface area contributed by atoms with Gasteiger partial charge in [-0.2, -0.15) is 0 Å². The van der Waals surface area contributed by atoms with Crippen molar-refractivity contribution in [2.75, 3.05) is 11.9 Å². The van der Waals surface area contributed by atoms with E-state index in [0.717, 1.165) is 25.7 Å². The Balaban J connectivity index is 1.99. The van der Waals surface area contributed by atoms with Crippen molar-refractivity contribution in [2.24, 2.45) is 11.7 Å². The van der Waals surface area contributed by atoms with Gasteiger partial charge in [0.2, 0.25) is 0 Å². The van der Waals surface area contributed by atoms with Crippen molar-refractivity contribution >= 4 is 34.8 Å². The Kier molecular flexibility index (Phi) is 9.91. The van der Waals surface area contributed by atoms with E-state index in [-0.39, 0.29) is 11.9 Å². The molecule has 2 rings (SSSR count). The first-order valence-electron chi connectivity index (χ1n) is 10.1. The number of carbonyl (C=O) groups is 1. The second kappa shape index (κ2) is 11.9. The van der Waals surface area contributed by atoms with Crippen molar-refractivity contribution in [3.05, 3.63) is 28.2 Å². The molecule has 0 radical (unpaired) electrons. The normalized spacial score (nSPS) is 17.5. The van der Waals surface area contributed by atoms with Gasteiger partial charge in [0.05, 0.1) is 10.0 Å². The molecule has 4 nitrogen and oxygen atoms in total. The van der Waals surface area contributed by atoms with Gasteiger partial charge in [0.1, 0.15) is 0 Å². The molecule has 2 atom stereocenters. The van der Waals surface area contributed by atoms with Gasteiger partial charge in [-0.1, -0.05) is 75.1 Å². The molecule has 0 heterocycles. The van der Waals surface area contributed by atoms with Crippen LogP contribution in [0.3, 0.4) is 0 Å². The SMILES string of the molecule is CCCCCOC(C(=O)Nc1ccc(Cl)c(Cl)c1)C(N)CC1CCCCC1. The molecule has 6 heteroatoms. The second-order valence-corrected chi connectivity index (χ2v) is 8.33. The molecule has 0 spiro atoms. The third kappa shape index (κ3) is 7.61. The van der Waals surface area contributed by atoms with Gasteiger partial charge in [0.15, 0.2) is 6.10 Å². The van der Waals surface area contributed by atoms with Crippen LogP contribution < -0.4 is 11.1 Å². The standard InChI is InChI=1S/C21H32Cl2N2O2/c1-2-3-7-12-27-20(19(24)13-15-8-5-4-6-9-15)21(26)25-16-10-11-17(22)18(23)14-16/h10-11,14-15,19-20H,2-9,12-13,24H2,1H3,(H,25,26). The summed E-state index contributed by atoms with van der Waals surface area (Å²) in [5.41, 5.74) is 7.04. The number of nitrogens with two attached hydrogens (primary N) is 1. The lowest BCUT2D eigenvalue weighted by molar-refractivity contribution is -0.129. The van der Waals surface area contributed by atoms with Crippen molar-refractivity contribution in [1.29, 1.82) is 0 Å². The van der Waals surface area contributed by atoms with Gasteiger partial charge < -0.3 is 15.8 Å². The molecule has 1 aromatic rings. The van der Waals surface area contributed by atoms with Crippen molar-refractivity contribution in [1.82, 2.24) is 0 Å². The van der Waals surface area contributed by atoms with Gasteiger partial charge in [0.25, 0.3) is 5.91 Å². The summed E-state index contributed by atoms with van der Waals surface area (Å²) in [6.07, 6.45) is 9.52. The number of rotatable bonds is 10. The predicted octanol–water partition coefficient (Wildman–Crippen LogP) is 5.81. The molecule has 2 unspecified atom stereocenters. The quantitative estimate of drug-likeness (QED) is 0.475. The average Bonchev–Trinajstić information content (AvgIpc) is 2.65. The fraction of sp³-hybridized carbons (Fsp3) is 0.667. The number of unbranched alkanes of at least 4 members (excludes halogenated alkanes) is 2. The highest BCUT2D eigenvalue weighted by molar-refractivity contribution is 6.42. The average molecular weight is 415 g/mol. The van der Waals surface area contributed by atoms with Crippen LogP contribution in [0.15, 0.2) is 18.2 Å². The molecule has 1 aromatic carbocycles. The van der Waals surface area contributed by atoms with E-state index < -0.39 is 6.10 Å². The first-order chi connectivity index (χ1) is 13.0. The first kappa shape index (κ1) is 22.5. The molecule has 0 aliphatic heterocycles. The summed E-state index contributed by atoms with van der Waals surface area (Å²) in [6, 6.07) is 4.73. The Morgan fingerprint density at radius 3 is 2.63 bits per heavy atom. The molecule has 3 N–H and O–H groups in total. The lowest BCUT2D eigenvalue weighted by atomic mass is 9.84. The minimum absolute atomic E-state index is 0.215. The number of hydrogen-bond donors (Lipinski definition) is 2. The van der Waals surface area contributed by atoms with Gasteiger partial charge in [-0.05, 0) is 37.0 Å². The summed E-state index contributed by atoms with van der Waals surface area (Å²) in [4.78, 5) is 12.9. The number of halogens is 2. The zero-order chi connectivity index (χ0) is 19.6. The fourth-order valence-electron chi connectivity index (χ4n) is 3.67. The molecule has 1 amide bonds. The summed E-state index contributed by atoms with van der Waals surface area (Å²) < 4.78 is 5.94. The zero-order valence-corrected chi connectivity index (χ0v) is 17.7. The number of nitrogens with one attached hydrogen (secondary N) is 1. The number of ether oxygens (including phenoxy) is 1. The number of amides is 1. The third-order valence-electron chi connectivity index (χ3n) is 5.21. The van der Waals surface area contributed by atoms with Crippen LogP contribution in [0.1, 0.15) is 64.7 Å². The number of hydrogen-bond acceptors (Lipinski definition) is 3. The van der Waals surface area contributed by atoms with Crippen molar-refractivity contribution in [3.63, 3.8) is 0 Å². The number of benzene rings is 1. The van der Waals surface area contributed by atoms with Crippen LogP contribution in [0.4, 0.5) is 5.69 Å². The number of anilines is 1. The smallest absolute Gasteiger partial charge is 0.255 e. The third-order valence-corrected chi connectivity index (χ3v) is 5.95. The second-order valence-electron chi connectivity index (χ2n) is 7.52. The van der Waals surface area contributed by atoms with Crippen molar-refractivity contribution in [2.45, 2.75) is 76.9 Å². The molecule has 1 aliphatic carbocycles. The molecular weight excluding hydrogens is 383 g/mol. The molecule has 0 aromatic heterocycles. The molecule has 27 heavy (non-hydrogen) atoms. The molecule has 1 saturated carbocycles. The maximum absolute atomic E-state index is 12.9. The molecule has 1 fully saturated rings. The highest BCUT2D eigenvalue weighted by Crippen LogP contribution is 2.29. The van der Waals surface area contributed by atoms with Crippen molar-refractivity contribution < 1.29 is 9.53 Å². The largest absolute Gasteiger partial charge is 0.367 e. The predicted molar refractivity (Wildman–Crippen MR) is 114 cm³/mol. The van der Waals surface area contributed by atoms with Gasteiger partial charge in [-0.25, -0.2) is 0 Å². The Hall–Kier alpha value is -0.810. The van der Waals surface area contributed by atoms with Crippen LogP contribution in [0.25, 0.3) is 0 Å². The van der Waals surface area contributed by atoms with Crippen LogP contribution in [-0.4, -0.2) is 24.7 Å². The maximum Gasteiger partial charge on any atom is 0.255 e. The minimum atomic E-state index is -0.654. The lowest BCUT2D eigenvalue weighted by Gasteiger charge is -2.29. The van der Waals surface area contributed by atoms with Crippen LogP contribution in [-0.2, 0) is 9.53 Å². The van der Waals surface area contributed by atoms with Crippen LogP contribution >= 0.6 is 23.2 Å². The fourth-order valence-corrected chi connectivity index (χ4v) is 3.97. The Labute approximate surface area is 173 Å². The number of carbonyl (C=O) groups excluding carboxylic acids is 1. The topological polar surface area (TPSA) is 64.3 Å². The van der Waals surface area contributed by atoms with E-state index >= 15 is 0 Å². The minimum Gasteiger partial charge on any atom is -0.367 e. The van der Waals surface area contributed by atoms with Gasteiger partial charge >= 0.3 is 0 Å². The zero-order valence-electron chi connectivity index (χ0n) is 16.2.